The third-order valence-corrected chi connectivity index (χ3v) is 4.32. The van der Waals surface area contributed by atoms with E-state index in [1.165, 1.54) is 0 Å². The van der Waals surface area contributed by atoms with E-state index in [-0.39, 0.29) is 0 Å². The molecule has 0 radical (unpaired) electrons. The minimum Gasteiger partial charge on any atom is -0.340 e. The summed E-state index contributed by atoms with van der Waals surface area (Å²) in [6, 6.07) is 17.5. The third kappa shape index (κ3) is 4.44. The maximum Gasteiger partial charge on any atom is 0.229 e. The van der Waals surface area contributed by atoms with Crippen LogP contribution in [0.3, 0.4) is 0 Å². The van der Waals surface area contributed by atoms with Gasteiger partial charge in [0.2, 0.25) is 5.95 Å². The predicted molar refractivity (Wildman–Crippen MR) is 110 cm³/mol. The zero-order valence-corrected chi connectivity index (χ0v) is 15.8. The summed E-state index contributed by atoms with van der Waals surface area (Å²) < 4.78 is 0. The fourth-order valence-electron chi connectivity index (χ4n) is 3.02. The highest BCUT2D eigenvalue weighted by Gasteiger charge is 2.08. The lowest BCUT2D eigenvalue weighted by molar-refractivity contribution is 1.00. The summed E-state index contributed by atoms with van der Waals surface area (Å²) in [5, 5.41) is 24.5. The molecule has 0 aliphatic rings. The van der Waals surface area contributed by atoms with E-state index >= 15 is 0 Å². The van der Waals surface area contributed by atoms with Gasteiger partial charge < -0.3 is 10.6 Å². The Morgan fingerprint density at radius 3 is 2.46 bits per heavy atom. The Morgan fingerprint density at radius 1 is 1.00 bits per heavy atom. The molecule has 0 saturated heterocycles. The van der Waals surface area contributed by atoms with E-state index in [2.05, 4.69) is 44.9 Å². The minimum absolute atomic E-state index is 0.411. The van der Waals surface area contributed by atoms with Crippen molar-refractivity contribution in [2.24, 2.45) is 0 Å². The second kappa shape index (κ2) is 8.66. The lowest BCUT2D eigenvalue weighted by Gasteiger charge is -2.15. The van der Waals surface area contributed by atoms with Gasteiger partial charge in [-0.25, -0.2) is 4.98 Å². The average Bonchev–Trinajstić information content (AvgIpc) is 2.70. The molecule has 0 spiro atoms. The highest BCUT2D eigenvalue weighted by atomic mass is 15.1. The van der Waals surface area contributed by atoms with E-state index in [0.717, 1.165) is 28.8 Å². The number of nitrogens with one attached hydrogen (secondary N) is 2. The molecular formula is C22H20N6. The molecule has 0 aliphatic heterocycles. The summed E-state index contributed by atoms with van der Waals surface area (Å²) in [6.45, 7) is 4.07. The van der Waals surface area contributed by atoms with Crippen molar-refractivity contribution in [2.75, 3.05) is 10.6 Å². The molecule has 6 heteroatoms. The lowest BCUT2D eigenvalue weighted by Crippen LogP contribution is -2.03. The Morgan fingerprint density at radius 2 is 1.75 bits per heavy atom. The SMILES string of the molecule is Cc1cc(CCC#N)cc(C)c1Nc1ccnc(Nc2ccccc2C#N)n1. The summed E-state index contributed by atoms with van der Waals surface area (Å²) in [4.78, 5) is 8.75. The van der Waals surface area contributed by atoms with E-state index in [0.29, 0.717) is 29.4 Å². The second-order valence-corrected chi connectivity index (χ2v) is 6.44. The Balaban J connectivity index is 1.82. The van der Waals surface area contributed by atoms with E-state index in [9.17, 15) is 5.26 Å². The van der Waals surface area contributed by atoms with Gasteiger partial charge in [0.15, 0.2) is 0 Å². The number of nitriles is 2. The number of nitrogens with zero attached hydrogens (tertiary/aromatic N) is 4. The predicted octanol–water partition coefficient (Wildman–Crippen LogP) is 4.91. The molecule has 138 valence electrons. The molecule has 1 heterocycles. The van der Waals surface area contributed by atoms with Gasteiger partial charge >= 0.3 is 0 Å². The van der Waals surface area contributed by atoms with Crippen molar-refractivity contribution >= 4 is 23.1 Å². The van der Waals surface area contributed by atoms with Crippen LogP contribution >= 0.6 is 0 Å². The molecule has 0 atom stereocenters. The Hall–Kier alpha value is -3.90. The quantitative estimate of drug-likeness (QED) is 0.642. The van der Waals surface area contributed by atoms with Crippen molar-refractivity contribution in [3.63, 3.8) is 0 Å². The van der Waals surface area contributed by atoms with Crippen LogP contribution < -0.4 is 10.6 Å². The third-order valence-electron chi connectivity index (χ3n) is 4.32. The van der Waals surface area contributed by atoms with Gasteiger partial charge in [0, 0.05) is 18.3 Å². The number of benzene rings is 2. The maximum absolute atomic E-state index is 9.22. The smallest absolute Gasteiger partial charge is 0.229 e. The lowest BCUT2D eigenvalue weighted by atomic mass is 10.0. The van der Waals surface area contributed by atoms with Gasteiger partial charge in [0.1, 0.15) is 11.9 Å². The summed E-state index contributed by atoms with van der Waals surface area (Å²) in [5.41, 5.74) is 5.52. The molecule has 0 fully saturated rings. The van der Waals surface area contributed by atoms with Crippen molar-refractivity contribution in [3.05, 3.63) is 70.9 Å². The summed E-state index contributed by atoms with van der Waals surface area (Å²) in [7, 11) is 0. The largest absolute Gasteiger partial charge is 0.340 e. The van der Waals surface area contributed by atoms with Crippen molar-refractivity contribution < 1.29 is 0 Å². The van der Waals surface area contributed by atoms with Crippen LogP contribution in [0, 0.1) is 36.5 Å². The molecule has 0 aliphatic carbocycles. The molecule has 0 unspecified atom stereocenters. The topological polar surface area (TPSA) is 97.4 Å². The van der Waals surface area contributed by atoms with Gasteiger partial charge in [0.05, 0.1) is 17.3 Å². The number of rotatable bonds is 6. The van der Waals surface area contributed by atoms with Crippen LogP contribution in [0.2, 0.25) is 0 Å². The van der Waals surface area contributed by atoms with Gasteiger partial charge in [0.25, 0.3) is 0 Å². The first-order chi connectivity index (χ1) is 13.6. The van der Waals surface area contributed by atoms with E-state index in [1.54, 1.807) is 18.3 Å². The number of hydrogen-bond acceptors (Lipinski definition) is 6. The minimum atomic E-state index is 0.411. The number of anilines is 4. The first-order valence-corrected chi connectivity index (χ1v) is 8.94. The van der Waals surface area contributed by atoms with Crippen LogP contribution in [0.25, 0.3) is 0 Å². The monoisotopic (exact) mass is 368 g/mol. The van der Waals surface area contributed by atoms with Crippen molar-refractivity contribution in [2.45, 2.75) is 26.7 Å². The van der Waals surface area contributed by atoms with Crippen LogP contribution in [-0.4, -0.2) is 9.97 Å². The maximum atomic E-state index is 9.22. The average molecular weight is 368 g/mol. The fraction of sp³-hybridized carbons (Fsp3) is 0.182. The Labute approximate surface area is 164 Å². The molecule has 1 aromatic heterocycles. The number of aryl methyl sites for hydroxylation is 3. The normalized spacial score (nSPS) is 10.0. The summed E-state index contributed by atoms with van der Waals surface area (Å²) in [6.07, 6.45) is 2.92. The number of aromatic nitrogens is 2. The van der Waals surface area contributed by atoms with Crippen molar-refractivity contribution in [3.8, 4) is 12.1 Å². The Bertz CT molecular complexity index is 1050. The molecule has 2 aromatic carbocycles. The van der Waals surface area contributed by atoms with E-state index in [4.69, 9.17) is 5.26 Å². The van der Waals surface area contributed by atoms with Crippen LogP contribution in [0.15, 0.2) is 48.7 Å². The zero-order chi connectivity index (χ0) is 19.9. The first-order valence-electron chi connectivity index (χ1n) is 8.94. The summed E-state index contributed by atoms with van der Waals surface area (Å²) in [5.74, 6) is 1.07. The van der Waals surface area contributed by atoms with Crippen molar-refractivity contribution in [1.82, 2.24) is 9.97 Å². The molecular weight excluding hydrogens is 348 g/mol. The highest BCUT2D eigenvalue weighted by molar-refractivity contribution is 5.67. The van der Waals surface area contributed by atoms with Crippen LogP contribution in [0.4, 0.5) is 23.1 Å². The molecule has 28 heavy (non-hydrogen) atoms. The molecule has 3 rings (SSSR count). The fourth-order valence-corrected chi connectivity index (χ4v) is 3.02. The van der Waals surface area contributed by atoms with Gasteiger partial charge in [-0.1, -0.05) is 24.3 Å². The highest BCUT2D eigenvalue weighted by Crippen LogP contribution is 2.26. The summed E-state index contributed by atoms with van der Waals surface area (Å²) >= 11 is 0. The zero-order valence-electron chi connectivity index (χ0n) is 15.8. The molecule has 2 N–H and O–H groups in total. The van der Waals surface area contributed by atoms with Crippen LogP contribution in [0.1, 0.15) is 28.7 Å². The van der Waals surface area contributed by atoms with Gasteiger partial charge in [-0.3, -0.25) is 0 Å². The van der Waals surface area contributed by atoms with Crippen LogP contribution in [0.5, 0.6) is 0 Å². The molecule has 0 saturated carbocycles. The number of para-hydroxylation sites is 1. The van der Waals surface area contributed by atoms with Gasteiger partial charge in [-0.2, -0.15) is 15.5 Å². The van der Waals surface area contributed by atoms with E-state index in [1.807, 2.05) is 32.0 Å². The van der Waals surface area contributed by atoms with Crippen LogP contribution in [-0.2, 0) is 6.42 Å². The van der Waals surface area contributed by atoms with Gasteiger partial charge in [-0.05, 0) is 55.2 Å². The first kappa shape index (κ1) is 18.9. The second-order valence-electron chi connectivity index (χ2n) is 6.44. The molecule has 3 aromatic rings. The molecule has 6 nitrogen and oxygen atoms in total. The van der Waals surface area contributed by atoms with Crippen molar-refractivity contribution in [1.29, 1.82) is 10.5 Å². The Kier molecular flexibility index (Phi) is 5.84. The molecule has 0 bridgehead atoms. The number of hydrogen-bond donors (Lipinski definition) is 2. The molecule has 0 amide bonds. The van der Waals surface area contributed by atoms with Gasteiger partial charge in [-0.15, -0.1) is 0 Å². The standard InChI is InChI=1S/C22H20N6/c1-15-12-17(6-5-10-23)13-16(2)21(15)27-20-9-11-25-22(28-20)26-19-8-4-3-7-18(19)14-24/h3-4,7-9,11-13H,5-6H2,1-2H3,(H2,25,26,27,28). The van der Waals surface area contributed by atoms with E-state index < -0.39 is 0 Å².